The molecule has 0 aliphatic heterocycles. The summed E-state index contributed by atoms with van der Waals surface area (Å²) in [5.74, 6) is 2.65. The Labute approximate surface area is 324 Å². The molecule has 0 spiro atoms. The summed E-state index contributed by atoms with van der Waals surface area (Å²) in [4.78, 5) is 0.404. The average Bonchev–Trinajstić information content (AvgIpc) is 3.16. The van der Waals surface area contributed by atoms with Crippen molar-refractivity contribution < 1.29 is 27.1 Å². The summed E-state index contributed by atoms with van der Waals surface area (Å²) in [6, 6.07) is 39.1. The number of unbranched alkanes of at least 4 members (excludes halogenated alkanes) is 1. The molecule has 5 aromatic carbocycles. The lowest BCUT2D eigenvalue weighted by Gasteiger charge is -2.35. The van der Waals surface area contributed by atoms with Gasteiger partial charge in [0, 0.05) is 5.41 Å². The molecule has 8 heteroatoms. The Kier molecular flexibility index (Phi) is 13.1. The standard InChI is InChI=1S/C46H56O6SSi/c1-9-10-33-54(7,8)52-45(2,3)32-31-35-11-13-36(14-12-35)34-50-40-19-15-37(16-20-40)46(4,5)38-17-21-41(22-18-38)51-42-25-29-44(30-26-42)53(47,48)43-27-23-39(49-6)24-28-43/h11-30H,9-10,31-34H2,1-8H3. The Morgan fingerprint density at radius 1 is 0.611 bits per heavy atom. The number of sulfone groups is 1. The predicted octanol–water partition coefficient (Wildman–Crippen LogP) is 12.0. The van der Waals surface area contributed by atoms with Crippen molar-refractivity contribution >= 4 is 18.2 Å². The summed E-state index contributed by atoms with van der Waals surface area (Å²) in [7, 11) is -3.76. The fourth-order valence-corrected chi connectivity index (χ4v) is 10.8. The highest BCUT2D eigenvalue weighted by molar-refractivity contribution is 7.91. The fourth-order valence-electron chi connectivity index (χ4n) is 6.65. The molecular weight excluding hydrogens is 709 g/mol. The van der Waals surface area contributed by atoms with Crippen molar-refractivity contribution in [3.05, 3.63) is 144 Å². The third kappa shape index (κ3) is 10.9. The number of hydrogen-bond donors (Lipinski definition) is 0. The molecule has 0 saturated heterocycles. The van der Waals surface area contributed by atoms with Crippen molar-refractivity contribution in [1.29, 1.82) is 0 Å². The largest absolute Gasteiger partial charge is 0.497 e. The van der Waals surface area contributed by atoms with Gasteiger partial charge in [-0.3, -0.25) is 0 Å². The molecule has 0 amide bonds. The van der Waals surface area contributed by atoms with Crippen molar-refractivity contribution in [1.82, 2.24) is 0 Å². The zero-order chi connectivity index (χ0) is 39.0. The number of hydrogen-bond acceptors (Lipinski definition) is 6. The maximum Gasteiger partial charge on any atom is 0.206 e. The monoisotopic (exact) mass is 764 g/mol. The molecule has 0 aromatic heterocycles. The van der Waals surface area contributed by atoms with Gasteiger partial charge < -0.3 is 18.6 Å². The van der Waals surface area contributed by atoms with E-state index in [0.29, 0.717) is 23.9 Å². The van der Waals surface area contributed by atoms with E-state index in [4.69, 9.17) is 18.6 Å². The molecule has 0 fully saturated rings. The highest BCUT2D eigenvalue weighted by Gasteiger charge is 2.30. The van der Waals surface area contributed by atoms with Gasteiger partial charge in [0.05, 0.1) is 22.5 Å². The van der Waals surface area contributed by atoms with Crippen LogP contribution in [0.15, 0.2) is 131 Å². The number of aryl methyl sites for hydroxylation is 1. The molecule has 286 valence electrons. The Morgan fingerprint density at radius 2 is 1.07 bits per heavy atom. The minimum atomic E-state index is -3.66. The van der Waals surface area contributed by atoms with E-state index in [9.17, 15) is 8.42 Å². The highest BCUT2D eigenvalue weighted by Crippen LogP contribution is 2.35. The first-order chi connectivity index (χ1) is 25.6. The van der Waals surface area contributed by atoms with Gasteiger partial charge in [-0.15, -0.1) is 0 Å². The van der Waals surface area contributed by atoms with E-state index in [0.717, 1.165) is 29.7 Å². The Hall–Kier alpha value is -4.37. The summed E-state index contributed by atoms with van der Waals surface area (Å²) >= 11 is 0. The lowest BCUT2D eigenvalue weighted by molar-refractivity contribution is 0.0893. The van der Waals surface area contributed by atoms with E-state index in [-0.39, 0.29) is 20.8 Å². The Bertz CT molecular complexity index is 2040. The van der Waals surface area contributed by atoms with Crippen LogP contribution in [0.5, 0.6) is 23.0 Å². The van der Waals surface area contributed by atoms with Crippen LogP contribution >= 0.6 is 0 Å². The lowest BCUT2D eigenvalue weighted by Crippen LogP contribution is -2.41. The van der Waals surface area contributed by atoms with Gasteiger partial charge in [0.1, 0.15) is 29.6 Å². The van der Waals surface area contributed by atoms with E-state index in [1.54, 1.807) is 55.6 Å². The SMILES string of the molecule is CCCC[Si](C)(C)OC(C)(C)CCc1ccc(COc2ccc(C(C)(C)c3ccc(Oc4ccc(S(=O)(=O)c5ccc(OC)cc5)cc4)cc3)cc2)cc1. The quantitative estimate of drug-likeness (QED) is 0.0828. The van der Waals surface area contributed by atoms with Crippen LogP contribution in [0.4, 0.5) is 0 Å². The van der Waals surface area contributed by atoms with Crippen LogP contribution in [0.25, 0.3) is 0 Å². The number of benzene rings is 5. The molecule has 0 heterocycles. The first-order valence-electron chi connectivity index (χ1n) is 18.9. The molecule has 0 aliphatic carbocycles. The fraction of sp³-hybridized carbons (Fsp3) is 0.348. The average molecular weight is 765 g/mol. The zero-order valence-corrected chi connectivity index (χ0v) is 35.0. The maximum atomic E-state index is 13.1. The van der Waals surface area contributed by atoms with Gasteiger partial charge in [-0.25, -0.2) is 8.42 Å². The minimum absolute atomic E-state index is 0.117. The van der Waals surface area contributed by atoms with Crippen LogP contribution in [0.2, 0.25) is 19.1 Å². The summed E-state index contributed by atoms with van der Waals surface area (Å²) in [6.45, 7) is 16.3. The number of ether oxygens (including phenoxy) is 3. The van der Waals surface area contributed by atoms with Crippen LogP contribution in [0.3, 0.4) is 0 Å². The van der Waals surface area contributed by atoms with Crippen LogP contribution in [-0.4, -0.2) is 29.4 Å². The number of rotatable bonds is 18. The van der Waals surface area contributed by atoms with Crippen molar-refractivity contribution in [2.45, 2.75) is 107 Å². The van der Waals surface area contributed by atoms with Gasteiger partial charge in [-0.2, -0.15) is 0 Å². The Morgan fingerprint density at radius 3 is 1.57 bits per heavy atom. The first kappa shape index (κ1) is 40.8. The Balaban J connectivity index is 1.12. The first-order valence-corrected chi connectivity index (χ1v) is 23.5. The van der Waals surface area contributed by atoms with Crippen LogP contribution in [0.1, 0.15) is 76.1 Å². The topological polar surface area (TPSA) is 71.1 Å². The predicted molar refractivity (Wildman–Crippen MR) is 221 cm³/mol. The molecule has 54 heavy (non-hydrogen) atoms. The molecule has 0 atom stereocenters. The van der Waals surface area contributed by atoms with E-state index >= 15 is 0 Å². The second-order valence-corrected chi connectivity index (χ2v) is 21.9. The summed E-state index contributed by atoms with van der Waals surface area (Å²) in [6.07, 6.45) is 4.47. The van der Waals surface area contributed by atoms with E-state index in [1.165, 1.54) is 30.0 Å². The van der Waals surface area contributed by atoms with Crippen LogP contribution < -0.4 is 14.2 Å². The third-order valence-corrected chi connectivity index (χ3v) is 14.5. The summed E-state index contributed by atoms with van der Waals surface area (Å²) in [5, 5.41) is 0. The molecule has 6 nitrogen and oxygen atoms in total. The molecule has 5 rings (SSSR count). The van der Waals surface area contributed by atoms with Gasteiger partial charge in [0.25, 0.3) is 0 Å². The van der Waals surface area contributed by atoms with Crippen molar-refractivity contribution in [3.63, 3.8) is 0 Å². The normalized spacial score (nSPS) is 12.4. The molecule has 0 N–H and O–H groups in total. The molecule has 0 bridgehead atoms. The number of methoxy groups -OCH3 is 1. The van der Waals surface area contributed by atoms with Gasteiger partial charge in [-0.1, -0.05) is 82.1 Å². The summed E-state index contributed by atoms with van der Waals surface area (Å²) < 4.78 is 50.2. The summed E-state index contributed by atoms with van der Waals surface area (Å²) in [5.41, 5.74) is 4.41. The second kappa shape index (κ2) is 17.4. The van der Waals surface area contributed by atoms with Crippen molar-refractivity contribution in [2.75, 3.05) is 7.11 Å². The van der Waals surface area contributed by atoms with Gasteiger partial charge >= 0.3 is 0 Å². The van der Waals surface area contributed by atoms with Gasteiger partial charge in [-0.05, 0) is 141 Å². The van der Waals surface area contributed by atoms with Crippen molar-refractivity contribution in [3.8, 4) is 23.0 Å². The van der Waals surface area contributed by atoms with Crippen LogP contribution in [-0.2, 0) is 32.7 Å². The molecule has 5 aromatic rings. The maximum absolute atomic E-state index is 13.1. The second-order valence-electron chi connectivity index (χ2n) is 15.8. The van der Waals surface area contributed by atoms with E-state index < -0.39 is 18.2 Å². The third-order valence-electron chi connectivity index (χ3n) is 10.0. The molecule has 0 saturated carbocycles. The minimum Gasteiger partial charge on any atom is -0.497 e. The van der Waals surface area contributed by atoms with Crippen LogP contribution in [0, 0.1) is 0 Å². The zero-order valence-electron chi connectivity index (χ0n) is 33.1. The molecule has 0 unspecified atom stereocenters. The highest BCUT2D eigenvalue weighted by atomic mass is 32.2. The van der Waals surface area contributed by atoms with E-state index in [1.807, 2.05) is 24.3 Å². The van der Waals surface area contributed by atoms with E-state index in [2.05, 4.69) is 96.2 Å². The molecule has 0 radical (unpaired) electrons. The molecule has 0 aliphatic rings. The van der Waals surface area contributed by atoms with Crippen molar-refractivity contribution in [2.24, 2.45) is 0 Å². The molecular formula is C46H56O6SSi. The lowest BCUT2D eigenvalue weighted by atomic mass is 9.78. The van der Waals surface area contributed by atoms with Gasteiger partial charge in [0.2, 0.25) is 9.84 Å². The smallest absolute Gasteiger partial charge is 0.206 e. The van der Waals surface area contributed by atoms with Gasteiger partial charge in [0.15, 0.2) is 8.32 Å².